The number of nitrogens with two attached hydrogens (primary N) is 1. The molecule has 7 heteroatoms. The van der Waals surface area contributed by atoms with Crippen LogP contribution < -0.4 is 5.73 Å². The van der Waals surface area contributed by atoms with E-state index in [1.165, 1.54) is 6.92 Å². The maximum atomic E-state index is 10.7. The third kappa shape index (κ3) is 3.75. The van der Waals surface area contributed by atoms with Gasteiger partial charge in [0.25, 0.3) is 5.91 Å². The highest BCUT2D eigenvalue weighted by Crippen LogP contribution is 2.10. The molecule has 0 spiro atoms. The van der Waals surface area contributed by atoms with Gasteiger partial charge in [-0.25, -0.2) is 0 Å². The second-order valence-corrected chi connectivity index (χ2v) is 2.88. The van der Waals surface area contributed by atoms with Crippen LogP contribution in [0.4, 0.5) is 0 Å². The summed E-state index contributed by atoms with van der Waals surface area (Å²) in [6.07, 6.45) is 1.50. The van der Waals surface area contributed by atoms with Crippen molar-refractivity contribution in [3.05, 3.63) is 21.8 Å². The summed E-state index contributed by atoms with van der Waals surface area (Å²) in [4.78, 5) is 20.7. The predicted octanol–water partition coefficient (Wildman–Crippen LogP) is 0.304. The molecule has 1 unspecified atom stereocenters. The van der Waals surface area contributed by atoms with Gasteiger partial charge in [-0.3, -0.25) is 14.9 Å². The Bertz CT molecular complexity index is 322. The molecular weight excluding hydrogens is 202 g/mol. The molecular formula is C8H13N3O4. The van der Waals surface area contributed by atoms with Gasteiger partial charge >= 0.3 is 0 Å². The molecule has 0 aliphatic heterocycles. The fraction of sp³-hybridized carbons (Fsp3) is 0.500. The van der Waals surface area contributed by atoms with Crippen LogP contribution >= 0.6 is 0 Å². The summed E-state index contributed by atoms with van der Waals surface area (Å²) < 4.78 is 0. The molecule has 0 saturated carbocycles. The molecule has 0 bridgehead atoms. The molecule has 0 rings (SSSR count). The summed E-state index contributed by atoms with van der Waals surface area (Å²) in [7, 11) is 0. The Hall–Kier alpha value is -1.92. The van der Waals surface area contributed by atoms with Crippen molar-refractivity contribution in [2.24, 2.45) is 10.9 Å². The van der Waals surface area contributed by atoms with Crippen molar-refractivity contribution in [3.63, 3.8) is 0 Å². The van der Waals surface area contributed by atoms with Crippen LogP contribution in [0.3, 0.4) is 0 Å². The smallest absolute Gasteiger partial charge is 0.270 e. The second kappa shape index (κ2) is 5.74. The fourth-order valence-corrected chi connectivity index (χ4v) is 0.978. The van der Waals surface area contributed by atoms with Crippen molar-refractivity contribution < 1.29 is 14.9 Å². The largest absolute Gasteiger partial charge is 0.410 e. The third-order valence-electron chi connectivity index (χ3n) is 1.94. The summed E-state index contributed by atoms with van der Waals surface area (Å²) in [5, 5.41) is 21.6. The van der Waals surface area contributed by atoms with E-state index >= 15 is 0 Å². The molecule has 0 aromatic carbocycles. The number of nitro groups is 1. The summed E-state index contributed by atoms with van der Waals surface area (Å²) in [6, 6.07) is -0.939. The lowest BCUT2D eigenvalue weighted by Crippen LogP contribution is -2.24. The number of carbonyl (C=O) groups excluding carboxylic acids is 1. The standard InChI is InChI=1S/C8H13N3O4/c1-3-6(5(2)11(14)15)4-7(10-13)8(9)12/h4-5,13H,3H2,1-2H3,(H2,9,12)/b6-4+,10-7+. The summed E-state index contributed by atoms with van der Waals surface area (Å²) in [5.74, 6) is -0.931. The first-order chi connectivity index (χ1) is 6.93. The van der Waals surface area contributed by atoms with E-state index < -0.39 is 16.9 Å². The zero-order valence-corrected chi connectivity index (χ0v) is 8.51. The maximum absolute atomic E-state index is 10.7. The third-order valence-corrected chi connectivity index (χ3v) is 1.94. The van der Waals surface area contributed by atoms with Crippen molar-refractivity contribution in [2.75, 3.05) is 0 Å². The number of carbonyl (C=O) groups is 1. The highest BCUT2D eigenvalue weighted by atomic mass is 16.6. The molecule has 0 heterocycles. The number of nitrogens with zero attached hydrogens (tertiary/aromatic N) is 2. The van der Waals surface area contributed by atoms with Gasteiger partial charge in [0.05, 0.1) is 0 Å². The number of oxime groups is 1. The fourth-order valence-electron chi connectivity index (χ4n) is 0.978. The zero-order valence-electron chi connectivity index (χ0n) is 8.51. The van der Waals surface area contributed by atoms with Gasteiger partial charge in [0.15, 0.2) is 5.71 Å². The Balaban J connectivity index is 5.03. The van der Waals surface area contributed by atoms with Crippen molar-refractivity contribution in [1.82, 2.24) is 0 Å². The Morgan fingerprint density at radius 2 is 2.27 bits per heavy atom. The van der Waals surface area contributed by atoms with Gasteiger partial charge in [-0.05, 0) is 12.5 Å². The summed E-state index contributed by atoms with van der Waals surface area (Å²) in [6.45, 7) is 3.08. The van der Waals surface area contributed by atoms with Crippen molar-refractivity contribution >= 4 is 11.6 Å². The van der Waals surface area contributed by atoms with Gasteiger partial charge in [-0.2, -0.15) is 0 Å². The average Bonchev–Trinajstić information content (AvgIpc) is 2.18. The van der Waals surface area contributed by atoms with Gasteiger partial charge in [0.2, 0.25) is 6.04 Å². The van der Waals surface area contributed by atoms with Crippen LogP contribution in [0.1, 0.15) is 20.3 Å². The second-order valence-electron chi connectivity index (χ2n) is 2.88. The minimum atomic E-state index is -0.939. The van der Waals surface area contributed by atoms with E-state index in [1.807, 2.05) is 0 Å². The van der Waals surface area contributed by atoms with Crippen LogP contribution in [0, 0.1) is 10.1 Å². The Morgan fingerprint density at radius 3 is 2.53 bits per heavy atom. The lowest BCUT2D eigenvalue weighted by Gasteiger charge is -2.06. The number of hydrogen-bond donors (Lipinski definition) is 2. The predicted molar refractivity (Wildman–Crippen MR) is 53.2 cm³/mol. The molecule has 0 saturated heterocycles. The molecule has 0 radical (unpaired) electrons. The first-order valence-electron chi connectivity index (χ1n) is 4.29. The van der Waals surface area contributed by atoms with Crippen LogP contribution in [0.5, 0.6) is 0 Å². The van der Waals surface area contributed by atoms with Gasteiger partial charge in [0, 0.05) is 17.4 Å². The van der Waals surface area contributed by atoms with Crippen LogP contribution in [0.2, 0.25) is 0 Å². The van der Waals surface area contributed by atoms with E-state index in [9.17, 15) is 14.9 Å². The quantitative estimate of drug-likeness (QED) is 0.296. The van der Waals surface area contributed by atoms with Crippen LogP contribution in [0.15, 0.2) is 16.8 Å². The van der Waals surface area contributed by atoms with Crippen LogP contribution in [0.25, 0.3) is 0 Å². The van der Waals surface area contributed by atoms with E-state index in [1.54, 1.807) is 6.92 Å². The number of primary amides is 1. The average molecular weight is 215 g/mol. The number of amides is 1. The molecule has 7 nitrogen and oxygen atoms in total. The van der Waals surface area contributed by atoms with Gasteiger partial charge in [0.1, 0.15) is 0 Å². The molecule has 0 aliphatic carbocycles. The number of hydrogen-bond acceptors (Lipinski definition) is 5. The number of rotatable bonds is 5. The SMILES string of the molecule is CC/C(=C\C(=N/O)C(N)=O)C(C)[N+](=O)[O-]. The van der Waals surface area contributed by atoms with Crippen molar-refractivity contribution in [1.29, 1.82) is 0 Å². The normalized spacial score (nSPS) is 14.8. The topological polar surface area (TPSA) is 119 Å². The maximum Gasteiger partial charge on any atom is 0.270 e. The minimum Gasteiger partial charge on any atom is -0.410 e. The Kier molecular flexibility index (Phi) is 5.00. The molecule has 1 amide bonds. The van der Waals surface area contributed by atoms with E-state index in [2.05, 4.69) is 5.16 Å². The van der Waals surface area contributed by atoms with Crippen molar-refractivity contribution in [3.8, 4) is 0 Å². The summed E-state index contributed by atoms with van der Waals surface area (Å²) in [5.41, 5.74) is 4.86. The molecule has 0 aliphatic rings. The molecule has 0 fully saturated rings. The lowest BCUT2D eigenvalue weighted by atomic mass is 10.0. The van der Waals surface area contributed by atoms with Crippen molar-refractivity contribution in [2.45, 2.75) is 26.3 Å². The van der Waals surface area contributed by atoms with Gasteiger partial charge < -0.3 is 10.9 Å². The molecule has 0 aromatic rings. The zero-order chi connectivity index (χ0) is 12.0. The van der Waals surface area contributed by atoms with E-state index in [0.717, 1.165) is 6.08 Å². The Labute approximate surface area is 86.4 Å². The van der Waals surface area contributed by atoms with Gasteiger partial charge in [-0.1, -0.05) is 12.1 Å². The molecule has 15 heavy (non-hydrogen) atoms. The van der Waals surface area contributed by atoms with E-state index in [0.29, 0.717) is 12.0 Å². The highest BCUT2D eigenvalue weighted by Gasteiger charge is 2.19. The summed E-state index contributed by atoms with van der Waals surface area (Å²) >= 11 is 0. The monoisotopic (exact) mass is 215 g/mol. The van der Waals surface area contributed by atoms with E-state index in [4.69, 9.17) is 10.9 Å². The minimum absolute atomic E-state index is 0.367. The first kappa shape index (κ1) is 13.1. The lowest BCUT2D eigenvalue weighted by molar-refractivity contribution is -0.507. The molecule has 0 aromatic heterocycles. The van der Waals surface area contributed by atoms with Crippen LogP contribution in [-0.4, -0.2) is 27.8 Å². The van der Waals surface area contributed by atoms with E-state index in [-0.39, 0.29) is 5.71 Å². The van der Waals surface area contributed by atoms with Crippen LogP contribution in [-0.2, 0) is 4.79 Å². The first-order valence-corrected chi connectivity index (χ1v) is 4.29. The highest BCUT2D eigenvalue weighted by molar-refractivity contribution is 6.42. The molecule has 3 N–H and O–H groups in total. The Morgan fingerprint density at radius 1 is 1.73 bits per heavy atom. The molecule has 1 atom stereocenters. The van der Waals surface area contributed by atoms with Gasteiger partial charge in [-0.15, -0.1) is 0 Å². The molecule has 84 valence electrons.